The molecule has 1 aliphatic carbocycles. The maximum atomic E-state index is 15.1. The molecule has 0 bridgehead atoms. The molecule has 5 rings (SSSR count). The van der Waals surface area contributed by atoms with Crippen LogP contribution in [0.4, 0.5) is 4.39 Å². The van der Waals surface area contributed by atoms with Crippen molar-refractivity contribution in [2.24, 2.45) is 17.1 Å². The Morgan fingerprint density at radius 2 is 1.87 bits per heavy atom. The quantitative estimate of drug-likeness (QED) is 0.532. The van der Waals surface area contributed by atoms with Crippen LogP contribution in [0.1, 0.15) is 62.7 Å². The van der Waals surface area contributed by atoms with Crippen LogP contribution in [0.3, 0.4) is 0 Å². The number of nitrogens with zero attached hydrogens (tertiary/aromatic N) is 3. The maximum absolute atomic E-state index is 15.1. The standard InChI is InChI=1S/C30H39FN4O4/c1-29(10-3-11-29)19-34-12-8-20(9-13-34)18-39-26-7-5-22(16-33-26)21-4-6-24(25(31)14-21)27(37)35-17-23(36)15-30(35,2)28(32)38/h4-7,14,16,20,23,36H,3,8-13,15,17-19H2,1-2H3,(H2,32,38)/t23-,30+/m1/s1. The van der Waals surface area contributed by atoms with Gasteiger partial charge in [-0.15, -0.1) is 0 Å². The fourth-order valence-corrected chi connectivity index (χ4v) is 6.23. The van der Waals surface area contributed by atoms with Crippen LogP contribution in [0.25, 0.3) is 11.1 Å². The molecule has 3 aliphatic rings. The van der Waals surface area contributed by atoms with E-state index in [0.717, 1.165) is 30.8 Å². The van der Waals surface area contributed by atoms with Crippen LogP contribution >= 0.6 is 0 Å². The molecule has 39 heavy (non-hydrogen) atoms. The summed E-state index contributed by atoms with van der Waals surface area (Å²) in [5, 5.41) is 10.0. The van der Waals surface area contributed by atoms with E-state index in [1.54, 1.807) is 18.3 Å². The van der Waals surface area contributed by atoms with Crippen LogP contribution in [-0.2, 0) is 4.79 Å². The number of carbonyl (C=O) groups is 2. The van der Waals surface area contributed by atoms with E-state index in [1.165, 1.54) is 44.9 Å². The molecular weight excluding hydrogens is 499 g/mol. The second-order valence-corrected chi connectivity index (χ2v) is 12.2. The number of hydrogen-bond donors (Lipinski definition) is 2. The number of nitrogens with two attached hydrogens (primary N) is 1. The highest BCUT2D eigenvalue weighted by atomic mass is 19.1. The van der Waals surface area contributed by atoms with Crippen LogP contribution in [-0.4, -0.2) is 76.1 Å². The third-order valence-corrected chi connectivity index (χ3v) is 9.01. The minimum atomic E-state index is -1.37. The lowest BCUT2D eigenvalue weighted by atomic mass is 9.70. The van der Waals surface area contributed by atoms with Gasteiger partial charge in [0.15, 0.2) is 0 Å². The number of ether oxygens (including phenoxy) is 1. The van der Waals surface area contributed by atoms with E-state index in [2.05, 4.69) is 16.8 Å². The zero-order valence-corrected chi connectivity index (χ0v) is 22.9. The molecule has 2 aromatic rings. The van der Waals surface area contributed by atoms with Crippen molar-refractivity contribution in [3.63, 3.8) is 0 Å². The summed E-state index contributed by atoms with van der Waals surface area (Å²) in [4.78, 5) is 33.2. The van der Waals surface area contributed by atoms with Gasteiger partial charge in [0.2, 0.25) is 11.8 Å². The molecular formula is C30H39FN4O4. The van der Waals surface area contributed by atoms with Gasteiger partial charge >= 0.3 is 0 Å². The molecule has 1 aromatic carbocycles. The second-order valence-electron chi connectivity index (χ2n) is 12.2. The summed E-state index contributed by atoms with van der Waals surface area (Å²) in [5.74, 6) is -1.08. The molecule has 0 spiro atoms. The van der Waals surface area contributed by atoms with Crippen LogP contribution < -0.4 is 10.5 Å². The summed E-state index contributed by atoms with van der Waals surface area (Å²) < 4.78 is 21.0. The molecule has 3 N–H and O–H groups in total. The molecule has 8 nitrogen and oxygen atoms in total. The van der Waals surface area contributed by atoms with Crippen molar-refractivity contribution in [1.82, 2.24) is 14.8 Å². The average Bonchev–Trinajstić information content (AvgIpc) is 3.22. The van der Waals surface area contributed by atoms with E-state index in [4.69, 9.17) is 10.5 Å². The smallest absolute Gasteiger partial charge is 0.257 e. The van der Waals surface area contributed by atoms with Crippen molar-refractivity contribution in [1.29, 1.82) is 0 Å². The van der Waals surface area contributed by atoms with Gasteiger partial charge in [-0.25, -0.2) is 9.37 Å². The maximum Gasteiger partial charge on any atom is 0.257 e. The highest BCUT2D eigenvalue weighted by Crippen LogP contribution is 2.41. The topological polar surface area (TPSA) is 109 Å². The van der Waals surface area contributed by atoms with Crippen molar-refractivity contribution in [3.8, 4) is 17.0 Å². The zero-order chi connectivity index (χ0) is 27.8. The number of likely N-dealkylation sites (tertiary alicyclic amines) is 2. The Balaban J connectivity index is 1.16. The van der Waals surface area contributed by atoms with E-state index < -0.39 is 29.3 Å². The highest BCUT2D eigenvalue weighted by molar-refractivity contribution is 5.99. The minimum absolute atomic E-state index is 0.0204. The first-order valence-electron chi connectivity index (χ1n) is 14.0. The molecule has 1 saturated carbocycles. The number of aromatic nitrogens is 1. The van der Waals surface area contributed by atoms with Crippen molar-refractivity contribution in [2.75, 3.05) is 32.8 Å². The Hall–Kier alpha value is -3.04. The summed E-state index contributed by atoms with van der Waals surface area (Å²) >= 11 is 0. The molecule has 3 fully saturated rings. The lowest BCUT2D eigenvalue weighted by molar-refractivity contribution is -0.126. The van der Waals surface area contributed by atoms with Crippen molar-refractivity contribution in [3.05, 3.63) is 47.9 Å². The minimum Gasteiger partial charge on any atom is -0.477 e. The van der Waals surface area contributed by atoms with Gasteiger partial charge in [0.05, 0.1) is 18.3 Å². The molecule has 0 unspecified atom stereocenters. The molecule has 0 radical (unpaired) electrons. The molecule has 2 atom stereocenters. The Bertz CT molecular complexity index is 1210. The number of aliphatic hydroxyl groups excluding tert-OH is 1. The Labute approximate surface area is 229 Å². The van der Waals surface area contributed by atoms with E-state index >= 15 is 4.39 Å². The summed E-state index contributed by atoms with van der Waals surface area (Å²) in [6.07, 6.45) is 7.10. The zero-order valence-electron chi connectivity index (χ0n) is 22.9. The number of β-amino-alcohol motifs (C(OH)–C–C–N with tert-alkyl or cyclic N) is 1. The van der Waals surface area contributed by atoms with E-state index in [0.29, 0.717) is 34.9 Å². The highest BCUT2D eigenvalue weighted by Gasteiger charge is 2.49. The van der Waals surface area contributed by atoms with E-state index in [1.807, 2.05) is 6.07 Å². The van der Waals surface area contributed by atoms with Gasteiger partial charge in [-0.05, 0) is 80.8 Å². The number of halogens is 1. The van der Waals surface area contributed by atoms with Crippen molar-refractivity contribution < 1.29 is 23.8 Å². The molecule has 3 heterocycles. The molecule has 2 amide bonds. The molecule has 2 aliphatic heterocycles. The Morgan fingerprint density at radius 1 is 1.15 bits per heavy atom. The van der Waals surface area contributed by atoms with Gasteiger partial charge in [-0.3, -0.25) is 9.59 Å². The van der Waals surface area contributed by atoms with Gasteiger partial charge in [0, 0.05) is 37.3 Å². The predicted molar refractivity (Wildman–Crippen MR) is 146 cm³/mol. The van der Waals surface area contributed by atoms with E-state index in [-0.39, 0.29) is 18.5 Å². The largest absolute Gasteiger partial charge is 0.477 e. The summed E-state index contributed by atoms with van der Waals surface area (Å²) in [5.41, 5.74) is 5.72. The number of carbonyl (C=O) groups excluding carboxylic acids is 2. The number of hydrogen-bond acceptors (Lipinski definition) is 6. The first-order valence-corrected chi connectivity index (χ1v) is 14.0. The fourth-order valence-electron chi connectivity index (χ4n) is 6.23. The van der Waals surface area contributed by atoms with Crippen LogP contribution in [0.15, 0.2) is 36.5 Å². The fraction of sp³-hybridized carbons (Fsp3) is 0.567. The van der Waals surface area contributed by atoms with Crippen LogP contribution in [0, 0.1) is 17.2 Å². The molecule has 1 aromatic heterocycles. The third kappa shape index (κ3) is 5.79. The summed E-state index contributed by atoms with van der Waals surface area (Å²) in [7, 11) is 0. The SMILES string of the molecule is CC1(CN2CCC(COc3ccc(-c4ccc(C(=O)N5C[C@H](O)C[C@@]5(C)C(N)=O)c(F)c4)cn3)CC2)CCC1. The van der Waals surface area contributed by atoms with E-state index in [9.17, 15) is 14.7 Å². The number of primary amides is 1. The monoisotopic (exact) mass is 538 g/mol. The molecule has 2 saturated heterocycles. The lowest BCUT2D eigenvalue weighted by Gasteiger charge is -2.44. The summed E-state index contributed by atoms with van der Waals surface area (Å²) in [6.45, 7) is 7.92. The van der Waals surface area contributed by atoms with Gasteiger partial charge in [0.25, 0.3) is 5.91 Å². The van der Waals surface area contributed by atoms with Gasteiger partial charge in [0.1, 0.15) is 11.4 Å². The second kappa shape index (κ2) is 10.8. The third-order valence-electron chi connectivity index (χ3n) is 9.01. The van der Waals surface area contributed by atoms with Crippen LogP contribution in [0.5, 0.6) is 5.88 Å². The van der Waals surface area contributed by atoms with Crippen LogP contribution in [0.2, 0.25) is 0 Å². The van der Waals surface area contributed by atoms with Gasteiger partial charge in [-0.2, -0.15) is 0 Å². The average molecular weight is 539 g/mol. The Kier molecular flexibility index (Phi) is 7.66. The molecule has 9 heteroatoms. The number of aliphatic hydroxyl groups is 1. The Morgan fingerprint density at radius 3 is 2.46 bits per heavy atom. The van der Waals surface area contributed by atoms with Crippen molar-refractivity contribution >= 4 is 11.8 Å². The first kappa shape index (κ1) is 27.5. The normalized spacial score (nSPS) is 25.3. The number of rotatable bonds is 8. The lowest BCUT2D eigenvalue weighted by Crippen LogP contribution is -2.54. The number of amides is 2. The number of piperidine rings is 1. The van der Waals surface area contributed by atoms with Gasteiger partial charge < -0.3 is 25.4 Å². The van der Waals surface area contributed by atoms with Gasteiger partial charge in [-0.1, -0.05) is 19.4 Å². The number of benzene rings is 1. The first-order chi connectivity index (χ1) is 18.6. The predicted octanol–water partition coefficient (Wildman–Crippen LogP) is 3.62. The number of pyridine rings is 1. The van der Waals surface area contributed by atoms with Crippen molar-refractivity contribution in [2.45, 2.75) is 64.0 Å². The molecule has 210 valence electrons. The summed E-state index contributed by atoms with van der Waals surface area (Å²) in [6, 6.07) is 7.90.